The number of nitrogens with one attached hydrogen (secondary N) is 1. The normalized spacial score (nSPS) is 14.3. The van der Waals surface area contributed by atoms with Crippen molar-refractivity contribution < 1.29 is 9.66 Å². The van der Waals surface area contributed by atoms with E-state index in [1.54, 1.807) is 14.0 Å². The molecule has 23 heavy (non-hydrogen) atoms. The van der Waals surface area contributed by atoms with Gasteiger partial charge < -0.3 is 10.1 Å². The number of rotatable bonds is 6. The van der Waals surface area contributed by atoms with Gasteiger partial charge in [0.2, 0.25) is 5.82 Å². The van der Waals surface area contributed by atoms with Crippen molar-refractivity contribution in [2.75, 3.05) is 5.32 Å². The van der Waals surface area contributed by atoms with Crippen LogP contribution in [0.15, 0.2) is 24.3 Å². The summed E-state index contributed by atoms with van der Waals surface area (Å²) in [4.78, 5) is 10.8. The lowest BCUT2D eigenvalue weighted by molar-refractivity contribution is -0.384. The van der Waals surface area contributed by atoms with Crippen LogP contribution in [0.1, 0.15) is 30.5 Å². The lowest BCUT2D eigenvalue weighted by Gasteiger charge is -2.27. The zero-order valence-corrected chi connectivity index (χ0v) is 13.3. The van der Waals surface area contributed by atoms with Crippen molar-refractivity contribution in [1.82, 2.24) is 9.78 Å². The molecule has 1 aliphatic carbocycles. The summed E-state index contributed by atoms with van der Waals surface area (Å²) in [6.45, 7) is 2.08. The first-order chi connectivity index (χ1) is 11.1. The Kier molecular flexibility index (Phi) is 4.18. The molecule has 0 aliphatic heterocycles. The van der Waals surface area contributed by atoms with Gasteiger partial charge in [0.1, 0.15) is 11.4 Å². The Morgan fingerprint density at radius 1 is 1.43 bits per heavy atom. The molecule has 0 saturated heterocycles. The maximum Gasteiger partial charge on any atom is 0.333 e. The zero-order chi connectivity index (χ0) is 16.4. The predicted octanol–water partition coefficient (Wildman–Crippen LogP) is 3.18. The maximum atomic E-state index is 11.2. The van der Waals surface area contributed by atoms with Crippen molar-refractivity contribution in [1.29, 1.82) is 0 Å². The Morgan fingerprint density at radius 2 is 2.17 bits per heavy atom. The van der Waals surface area contributed by atoms with Gasteiger partial charge >= 0.3 is 5.69 Å². The monoisotopic (exact) mass is 316 g/mol. The van der Waals surface area contributed by atoms with Gasteiger partial charge in [0.05, 0.1) is 11.0 Å². The first kappa shape index (κ1) is 15.3. The molecule has 7 heteroatoms. The molecule has 1 aromatic heterocycles. The molecule has 2 aromatic rings. The van der Waals surface area contributed by atoms with Crippen LogP contribution in [0.25, 0.3) is 0 Å². The van der Waals surface area contributed by atoms with Gasteiger partial charge in [0, 0.05) is 19.2 Å². The minimum atomic E-state index is -0.401. The molecule has 0 amide bonds. The average molecular weight is 316 g/mol. The highest BCUT2D eigenvalue weighted by molar-refractivity contribution is 5.59. The number of nitro groups is 1. The fraction of sp³-hybridized carbons (Fsp3) is 0.438. The molecular weight excluding hydrogens is 296 g/mol. The largest absolute Gasteiger partial charge is 0.490 e. The zero-order valence-electron chi connectivity index (χ0n) is 13.3. The van der Waals surface area contributed by atoms with Gasteiger partial charge in [-0.2, -0.15) is 5.10 Å². The molecule has 0 bridgehead atoms. The fourth-order valence-corrected chi connectivity index (χ4v) is 2.68. The standard InChI is InChI=1S/C16H20N4O3/c1-11-15(20(21)22)16(19(2)18-11)17-10-12-6-3-4-9-14(12)23-13-7-5-8-13/h3-4,6,9,13,17H,5,7-8,10H2,1-2H3. The molecule has 0 radical (unpaired) electrons. The molecule has 1 saturated carbocycles. The molecule has 0 atom stereocenters. The first-order valence-corrected chi connectivity index (χ1v) is 7.72. The van der Waals surface area contributed by atoms with Gasteiger partial charge in [0.15, 0.2) is 0 Å². The van der Waals surface area contributed by atoms with Gasteiger partial charge in [-0.15, -0.1) is 0 Å². The van der Waals surface area contributed by atoms with E-state index in [1.807, 2.05) is 24.3 Å². The smallest absolute Gasteiger partial charge is 0.333 e. The van der Waals surface area contributed by atoms with Crippen molar-refractivity contribution >= 4 is 11.5 Å². The Morgan fingerprint density at radius 3 is 2.83 bits per heavy atom. The predicted molar refractivity (Wildman–Crippen MR) is 86.6 cm³/mol. The van der Waals surface area contributed by atoms with E-state index in [2.05, 4.69) is 10.4 Å². The van der Waals surface area contributed by atoms with E-state index < -0.39 is 4.92 Å². The summed E-state index contributed by atoms with van der Waals surface area (Å²) in [6.07, 6.45) is 3.69. The van der Waals surface area contributed by atoms with E-state index >= 15 is 0 Å². The number of hydrogen-bond donors (Lipinski definition) is 1. The van der Waals surface area contributed by atoms with E-state index in [9.17, 15) is 10.1 Å². The lowest BCUT2D eigenvalue weighted by atomic mass is 9.96. The molecule has 7 nitrogen and oxygen atoms in total. The summed E-state index contributed by atoms with van der Waals surface area (Å²) in [5, 5.41) is 18.5. The van der Waals surface area contributed by atoms with Gasteiger partial charge in [0.25, 0.3) is 0 Å². The van der Waals surface area contributed by atoms with Crippen LogP contribution >= 0.6 is 0 Å². The SMILES string of the molecule is Cc1nn(C)c(NCc2ccccc2OC2CCC2)c1[N+](=O)[O-]. The van der Waals surface area contributed by atoms with Gasteiger partial charge in [-0.1, -0.05) is 18.2 Å². The van der Waals surface area contributed by atoms with Crippen LogP contribution in [0.2, 0.25) is 0 Å². The molecule has 122 valence electrons. The highest BCUT2D eigenvalue weighted by atomic mass is 16.6. The quantitative estimate of drug-likeness (QED) is 0.654. The van der Waals surface area contributed by atoms with E-state index in [-0.39, 0.29) is 5.69 Å². The molecule has 1 fully saturated rings. The van der Waals surface area contributed by atoms with Crippen LogP contribution in [0.4, 0.5) is 11.5 Å². The minimum Gasteiger partial charge on any atom is -0.490 e. The Hall–Kier alpha value is -2.57. The molecule has 0 unspecified atom stereocenters. The summed E-state index contributed by atoms with van der Waals surface area (Å²) in [5.41, 5.74) is 1.40. The van der Waals surface area contributed by atoms with Gasteiger partial charge in [-0.3, -0.25) is 10.1 Å². The summed E-state index contributed by atoms with van der Waals surface area (Å²) in [7, 11) is 1.69. The second-order valence-corrected chi connectivity index (χ2v) is 5.80. The number of nitrogens with zero attached hydrogens (tertiary/aromatic N) is 3. The number of hydrogen-bond acceptors (Lipinski definition) is 5. The summed E-state index contributed by atoms with van der Waals surface area (Å²) < 4.78 is 7.49. The molecule has 1 aliphatic rings. The number of aromatic nitrogens is 2. The van der Waals surface area contributed by atoms with Crippen molar-refractivity contribution in [3.05, 3.63) is 45.6 Å². The number of aryl methyl sites for hydroxylation is 2. The third kappa shape index (κ3) is 3.13. The van der Waals surface area contributed by atoms with Crippen molar-refractivity contribution in [3.8, 4) is 5.75 Å². The van der Waals surface area contributed by atoms with E-state index in [0.717, 1.165) is 24.2 Å². The van der Waals surface area contributed by atoms with E-state index in [4.69, 9.17) is 4.74 Å². The van der Waals surface area contributed by atoms with E-state index in [0.29, 0.717) is 24.2 Å². The fourth-order valence-electron chi connectivity index (χ4n) is 2.68. The lowest BCUT2D eigenvalue weighted by Crippen LogP contribution is -2.25. The van der Waals surface area contributed by atoms with Crippen molar-refractivity contribution in [3.63, 3.8) is 0 Å². The van der Waals surface area contributed by atoms with Crippen LogP contribution in [0, 0.1) is 17.0 Å². The molecular formula is C16H20N4O3. The highest BCUT2D eigenvalue weighted by Gasteiger charge is 2.24. The molecule has 0 spiro atoms. The van der Waals surface area contributed by atoms with Crippen LogP contribution < -0.4 is 10.1 Å². The number of benzene rings is 1. The maximum absolute atomic E-state index is 11.2. The van der Waals surface area contributed by atoms with Crippen LogP contribution in [-0.4, -0.2) is 20.8 Å². The topological polar surface area (TPSA) is 82.2 Å². The second kappa shape index (κ2) is 6.28. The minimum absolute atomic E-state index is 0.0184. The third-order valence-electron chi connectivity index (χ3n) is 4.14. The van der Waals surface area contributed by atoms with Crippen molar-refractivity contribution in [2.24, 2.45) is 7.05 Å². The van der Waals surface area contributed by atoms with Crippen LogP contribution in [0.5, 0.6) is 5.75 Å². The molecule has 1 N–H and O–H groups in total. The summed E-state index contributed by atoms with van der Waals surface area (Å²) in [5.74, 6) is 1.25. The highest BCUT2D eigenvalue weighted by Crippen LogP contribution is 2.30. The van der Waals surface area contributed by atoms with E-state index in [1.165, 1.54) is 11.1 Å². The number of para-hydroxylation sites is 1. The molecule has 1 aromatic carbocycles. The Bertz CT molecular complexity index is 722. The van der Waals surface area contributed by atoms with Gasteiger partial charge in [-0.25, -0.2) is 4.68 Å². The number of anilines is 1. The third-order valence-corrected chi connectivity index (χ3v) is 4.14. The van der Waals surface area contributed by atoms with Gasteiger partial charge in [-0.05, 0) is 32.3 Å². The summed E-state index contributed by atoms with van der Waals surface area (Å²) in [6, 6.07) is 7.79. The van der Waals surface area contributed by atoms with Crippen LogP contribution in [0.3, 0.4) is 0 Å². The molecule has 1 heterocycles. The number of ether oxygens (including phenoxy) is 1. The first-order valence-electron chi connectivity index (χ1n) is 7.72. The average Bonchev–Trinajstić information content (AvgIpc) is 2.75. The Labute approximate surface area is 134 Å². The Balaban J connectivity index is 1.77. The van der Waals surface area contributed by atoms with Crippen LogP contribution in [-0.2, 0) is 13.6 Å². The van der Waals surface area contributed by atoms with Crippen molar-refractivity contribution in [2.45, 2.75) is 38.8 Å². The summed E-state index contributed by atoms with van der Waals surface area (Å²) >= 11 is 0. The molecule has 3 rings (SSSR count). The second-order valence-electron chi connectivity index (χ2n) is 5.80.